The number of hydrogen-bond acceptors (Lipinski definition) is 6. The van der Waals surface area contributed by atoms with Crippen LogP contribution >= 0.6 is 0 Å². The summed E-state index contributed by atoms with van der Waals surface area (Å²) in [4.78, 5) is 29.8. The summed E-state index contributed by atoms with van der Waals surface area (Å²) in [5.41, 5.74) is 0. The molecular formula is C12H24O6. The Bertz CT molecular complexity index is 197. The Hall–Kier alpha value is -1.43. The third kappa shape index (κ3) is 29.3. The molecule has 0 saturated heterocycles. The van der Waals surface area contributed by atoms with Crippen molar-refractivity contribution >= 4 is 17.7 Å². The van der Waals surface area contributed by atoms with E-state index in [-0.39, 0.29) is 24.3 Å². The van der Waals surface area contributed by atoms with E-state index >= 15 is 0 Å². The van der Waals surface area contributed by atoms with Crippen molar-refractivity contribution in [1.29, 1.82) is 0 Å². The Labute approximate surface area is 109 Å². The summed E-state index contributed by atoms with van der Waals surface area (Å²) < 4.78 is 13.0. The summed E-state index contributed by atoms with van der Waals surface area (Å²) in [7, 11) is 4.26. The van der Waals surface area contributed by atoms with Gasteiger partial charge in [0.25, 0.3) is 0 Å². The third-order valence-corrected chi connectivity index (χ3v) is 1.38. The highest BCUT2D eigenvalue weighted by Gasteiger charge is 1.88. The molecule has 0 rings (SSSR count). The van der Waals surface area contributed by atoms with Gasteiger partial charge in [-0.3, -0.25) is 14.4 Å². The minimum absolute atomic E-state index is 0.0671. The number of ether oxygens (including phenoxy) is 3. The number of carbonyl (C=O) groups is 3. The highest BCUT2D eigenvalue weighted by atomic mass is 16.5. The van der Waals surface area contributed by atoms with Gasteiger partial charge in [0.05, 0.1) is 14.2 Å². The van der Waals surface area contributed by atoms with Crippen LogP contribution in [0.5, 0.6) is 0 Å². The number of methoxy groups -OCH3 is 3. The van der Waals surface area contributed by atoms with E-state index < -0.39 is 0 Å². The van der Waals surface area contributed by atoms with Crippen LogP contribution in [0.2, 0.25) is 0 Å². The van der Waals surface area contributed by atoms with Crippen LogP contribution in [0, 0.1) is 0 Å². The van der Waals surface area contributed by atoms with Gasteiger partial charge in [0.1, 0.15) is 6.61 Å². The van der Waals surface area contributed by atoms with Crippen LogP contribution in [-0.2, 0) is 28.6 Å². The maximum Gasteiger partial charge on any atom is 0.305 e. The van der Waals surface area contributed by atoms with Gasteiger partial charge in [-0.1, -0.05) is 13.8 Å². The van der Waals surface area contributed by atoms with Gasteiger partial charge >= 0.3 is 11.9 Å². The number of carbonyl (C=O) groups excluding carboxylic acids is 3. The van der Waals surface area contributed by atoms with Crippen LogP contribution in [-0.4, -0.2) is 45.7 Å². The first kappa shape index (κ1) is 21.8. The van der Waals surface area contributed by atoms with Crippen LogP contribution in [0.4, 0.5) is 0 Å². The van der Waals surface area contributed by atoms with E-state index in [2.05, 4.69) is 14.2 Å². The minimum atomic E-state index is -0.157. The molecule has 0 aliphatic carbocycles. The predicted molar refractivity (Wildman–Crippen MR) is 67.2 cm³/mol. The summed E-state index contributed by atoms with van der Waals surface area (Å²) in [5.74, 6) is -0.248. The monoisotopic (exact) mass is 264 g/mol. The Morgan fingerprint density at radius 2 is 1.17 bits per heavy atom. The molecule has 0 fully saturated rings. The first-order valence-corrected chi connectivity index (χ1v) is 5.51. The standard InChI is InChI=1S/3C4H8O2/c1-4(5)3-6-2;2*1-3-4(5)6-2/h3*3H2,1-2H3. The third-order valence-electron chi connectivity index (χ3n) is 1.38. The maximum absolute atomic E-state index is 9.96. The molecule has 0 aromatic heterocycles. The molecule has 6 nitrogen and oxygen atoms in total. The average Bonchev–Trinajstić information content (AvgIpc) is 2.38. The summed E-state index contributed by atoms with van der Waals surface area (Å²) in [5, 5.41) is 0. The van der Waals surface area contributed by atoms with Gasteiger partial charge in [0, 0.05) is 20.0 Å². The van der Waals surface area contributed by atoms with Crippen molar-refractivity contribution in [2.45, 2.75) is 33.6 Å². The van der Waals surface area contributed by atoms with Crippen molar-refractivity contribution in [3.8, 4) is 0 Å². The maximum atomic E-state index is 9.96. The highest BCUT2D eigenvalue weighted by Crippen LogP contribution is 1.76. The lowest BCUT2D eigenvalue weighted by Gasteiger charge is -1.87. The van der Waals surface area contributed by atoms with Crippen LogP contribution < -0.4 is 0 Å². The molecule has 0 aromatic rings. The van der Waals surface area contributed by atoms with Crippen LogP contribution in [0.1, 0.15) is 33.6 Å². The Morgan fingerprint density at radius 3 is 1.17 bits per heavy atom. The zero-order valence-electron chi connectivity index (χ0n) is 12.1. The molecule has 0 amide bonds. The number of rotatable bonds is 4. The molecule has 0 aromatic carbocycles. The fourth-order valence-electron chi connectivity index (χ4n) is 0.492. The van der Waals surface area contributed by atoms with Crippen molar-refractivity contribution in [1.82, 2.24) is 0 Å². The van der Waals surface area contributed by atoms with E-state index in [1.165, 1.54) is 28.3 Å². The largest absolute Gasteiger partial charge is 0.469 e. The molecule has 0 saturated carbocycles. The Kier molecular flexibility index (Phi) is 21.8. The predicted octanol–water partition coefficient (Wildman–Crippen LogP) is 1.36. The second-order valence-electron chi connectivity index (χ2n) is 2.99. The van der Waals surface area contributed by atoms with Gasteiger partial charge in [-0.25, -0.2) is 0 Å². The molecule has 0 unspecified atom stereocenters. The second-order valence-corrected chi connectivity index (χ2v) is 2.99. The Morgan fingerprint density at radius 1 is 0.833 bits per heavy atom. The molecule has 0 spiro atoms. The van der Waals surface area contributed by atoms with E-state index in [9.17, 15) is 14.4 Å². The number of ketones is 1. The molecule has 0 bridgehead atoms. The average molecular weight is 264 g/mol. The quantitative estimate of drug-likeness (QED) is 0.713. The SMILES string of the molecule is CCC(=O)OC.CCC(=O)OC.COCC(C)=O. The number of hydrogen-bond donors (Lipinski definition) is 0. The lowest BCUT2D eigenvalue weighted by molar-refractivity contribution is -0.141. The zero-order chi connectivity index (χ0) is 15.0. The van der Waals surface area contributed by atoms with Crippen molar-refractivity contribution in [3.05, 3.63) is 0 Å². The molecule has 0 N–H and O–H groups in total. The van der Waals surface area contributed by atoms with Crippen molar-refractivity contribution in [3.63, 3.8) is 0 Å². The van der Waals surface area contributed by atoms with E-state index in [4.69, 9.17) is 0 Å². The fraction of sp³-hybridized carbons (Fsp3) is 0.750. The van der Waals surface area contributed by atoms with Gasteiger partial charge in [-0.15, -0.1) is 0 Å². The molecule has 108 valence electrons. The lowest BCUT2D eigenvalue weighted by Crippen LogP contribution is -1.98. The topological polar surface area (TPSA) is 78.9 Å². The van der Waals surface area contributed by atoms with Crippen LogP contribution in [0.25, 0.3) is 0 Å². The summed E-state index contributed by atoms with van der Waals surface area (Å²) in [6.45, 7) is 5.24. The van der Waals surface area contributed by atoms with Crippen molar-refractivity contribution in [2.75, 3.05) is 27.9 Å². The second kappa shape index (κ2) is 17.9. The van der Waals surface area contributed by atoms with E-state index in [0.29, 0.717) is 12.8 Å². The minimum Gasteiger partial charge on any atom is -0.469 e. The van der Waals surface area contributed by atoms with E-state index in [1.54, 1.807) is 13.8 Å². The summed E-state index contributed by atoms with van der Waals surface area (Å²) >= 11 is 0. The number of esters is 2. The van der Waals surface area contributed by atoms with Gasteiger partial charge < -0.3 is 14.2 Å². The summed E-state index contributed by atoms with van der Waals surface area (Å²) in [6, 6.07) is 0. The molecule has 0 radical (unpaired) electrons. The number of Topliss-reactive ketones (excluding diaryl/α,β-unsaturated/α-hetero) is 1. The molecule has 18 heavy (non-hydrogen) atoms. The molecule has 0 aliphatic heterocycles. The van der Waals surface area contributed by atoms with Crippen LogP contribution in [0.15, 0.2) is 0 Å². The first-order valence-electron chi connectivity index (χ1n) is 5.51. The summed E-state index contributed by atoms with van der Waals surface area (Å²) in [6.07, 6.45) is 0.938. The normalized spacial score (nSPS) is 7.89. The molecule has 0 heterocycles. The van der Waals surface area contributed by atoms with Gasteiger partial charge in [0.15, 0.2) is 5.78 Å². The molecule has 0 aliphatic rings. The van der Waals surface area contributed by atoms with E-state index in [1.807, 2.05) is 0 Å². The van der Waals surface area contributed by atoms with Gasteiger partial charge in [0.2, 0.25) is 0 Å². The fourth-order valence-corrected chi connectivity index (χ4v) is 0.492. The zero-order valence-corrected chi connectivity index (χ0v) is 12.1. The molecular weight excluding hydrogens is 240 g/mol. The highest BCUT2D eigenvalue weighted by molar-refractivity contribution is 5.76. The first-order chi connectivity index (χ1) is 8.39. The van der Waals surface area contributed by atoms with E-state index in [0.717, 1.165) is 0 Å². The van der Waals surface area contributed by atoms with Crippen molar-refractivity contribution < 1.29 is 28.6 Å². The Balaban J connectivity index is -0.000000187. The van der Waals surface area contributed by atoms with Gasteiger partial charge in [-0.2, -0.15) is 0 Å². The molecule has 0 atom stereocenters. The van der Waals surface area contributed by atoms with Crippen LogP contribution in [0.3, 0.4) is 0 Å². The van der Waals surface area contributed by atoms with Gasteiger partial charge in [-0.05, 0) is 6.92 Å². The van der Waals surface area contributed by atoms with Crippen molar-refractivity contribution in [2.24, 2.45) is 0 Å². The lowest BCUT2D eigenvalue weighted by atomic mass is 10.5. The smallest absolute Gasteiger partial charge is 0.305 e. The molecule has 6 heteroatoms.